The number of rotatable bonds is 10. The van der Waals surface area contributed by atoms with Crippen LogP contribution in [0.3, 0.4) is 0 Å². The molecule has 0 radical (unpaired) electrons. The van der Waals surface area contributed by atoms with Crippen molar-refractivity contribution >= 4 is 31.5 Å². The number of methoxy groups -OCH3 is 1. The maximum Gasteiger partial charge on any atom is 0.243 e. The van der Waals surface area contributed by atoms with Crippen LogP contribution >= 0.6 is 11.6 Å². The first-order valence-electron chi connectivity index (χ1n) is 10.9. The average Bonchev–Trinajstić information content (AvgIpc) is 2.79. The molecule has 0 bridgehead atoms. The van der Waals surface area contributed by atoms with Crippen molar-refractivity contribution in [2.24, 2.45) is 0 Å². The highest BCUT2D eigenvalue weighted by molar-refractivity contribution is 7.91. The van der Waals surface area contributed by atoms with E-state index in [-0.39, 0.29) is 29.0 Å². The van der Waals surface area contributed by atoms with E-state index in [0.717, 1.165) is 37.3 Å². The summed E-state index contributed by atoms with van der Waals surface area (Å²) in [6, 6.07) is 13.2. The van der Waals surface area contributed by atoms with E-state index in [1.54, 1.807) is 0 Å². The van der Waals surface area contributed by atoms with Crippen molar-refractivity contribution in [1.82, 2.24) is 9.21 Å². The van der Waals surface area contributed by atoms with Gasteiger partial charge in [0.1, 0.15) is 0 Å². The van der Waals surface area contributed by atoms with Gasteiger partial charge in [-0.3, -0.25) is 0 Å². The summed E-state index contributed by atoms with van der Waals surface area (Å²) in [7, 11) is -5.85. The number of hydrogen-bond acceptors (Lipinski definition) is 6. The van der Waals surface area contributed by atoms with Gasteiger partial charge in [-0.15, -0.1) is 0 Å². The Morgan fingerprint density at radius 3 is 2.27 bits per heavy atom. The summed E-state index contributed by atoms with van der Waals surface area (Å²) >= 11 is 5.95. The fourth-order valence-corrected chi connectivity index (χ4v) is 6.63. The summed E-state index contributed by atoms with van der Waals surface area (Å²) < 4.78 is 57.5. The van der Waals surface area contributed by atoms with Crippen LogP contribution in [-0.2, 0) is 31.0 Å². The van der Waals surface area contributed by atoms with Crippen LogP contribution in [0.2, 0.25) is 5.02 Å². The third-order valence-corrected chi connectivity index (χ3v) is 9.26. The molecule has 10 heteroatoms. The molecule has 1 saturated heterocycles. The van der Waals surface area contributed by atoms with Crippen LogP contribution < -0.4 is 0 Å². The first-order valence-corrected chi connectivity index (χ1v) is 14.6. The molecule has 0 amide bonds. The van der Waals surface area contributed by atoms with Crippen LogP contribution in [0.15, 0.2) is 58.3 Å². The van der Waals surface area contributed by atoms with Gasteiger partial charge in [-0.25, -0.2) is 16.8 Å². The van der Waals surface area contributed by atoms with Crippen molar-refractivity contribution in [1.29, 1.82) is 0 Å². The Labute approximate surface area is 202 Å². The first kappa shape index (κ1) is 26.1. The maximum absolute atomic E-state index is 13.5. The van der Waals surface area contributed by atoms with E-state index >= 15 is 0 Å². The van der Waals surface area contributed by atoms with Crippen molar-refractivity contribution in [3.8, 4) is 0 Å². The molecular weight excluding hydrogens is 484 g/mol. The number of halogens is 1. The first-order chi connectivity index (χ1) is 15.6. The van der Waals surface area contributed by atoms with Crippen molar-refractivity contribution < 1.29 is 21.6 Å². The molecule has 7 nitrogen and oxygen atoms in total. The zero-order chi connectivity index (χ0) is 24.1. The fraction of sp³-hybridized carbons (Fsp3) is 0.478. The Kier molecular flexibility index (Phi) is 8.94. The third kappa shape index (κ3) is 7.00. The van der Waals surface area contributed by atoms with E-state index in [1.165, 1.54) is 41.2 Å². The summed E-state index contributed by atoms with van der Waals surface area (Å²) in [5, 5.41) is 0.721. The largest absolute Gasteiger partial charge is 0.383 e. The van der Waals surface area contributed by atoms with Crippen molar-refractivity contribution in [3.05, 3.63) is 59.1 Å². The number of sulfone groups is 1. The van der Waals surface area contributed by atoms with Gasteiger partial charge in [0, 0.05) is 37.5 Å². The monoisotopic (exact) mass is 514 g/mol. The highest BCUT2D eigenvalue weighted by atomic mass is 35.5. The molecule has 0 atom stereocenters. The summed E-state index contributed by atoms with van der Waals surface area (Å²) in [4.78, 5) is 2.33. The Hall–Kier alpha value is -1.49. The quantitative estimate of drug-likeness (QED) is 0.484. The van der Waals surface area contributed by atoms with Crippen LogP contribution in [0.5, 0.6) is 0 Å². The number of likely N-dealkylation sites (tertiary alicyclic amines) is 1. The molecule has 182 valence electrons. The zero-order valence-electron chi connectivity index (χ0n) is 19.0. The minimum atomic E-state index is -3.87. The van der Waals surface area contributed by atoms with E-state index in [9.17, 15) is 16.8 Å². The smallest absolute Gasteiger partial charge is 0.243 e. The number of sulfonamides is 1. The summed E-state index contributed by atoms with van der Waals surface area (Å²) in [6.45, 7) is 2.97. The molecule has 2 aromatic rings. The Bertz CT molecular complexity index is 1130. The predicted octanol–water partition coefficient (Wildman–Crippen LogP) is 3.09. The van der Waals surface area contributed by atoms with Gasteiger partial charge in [0.25, 0.3) is 0 Å². The number of piperidine rings is 1. The lowest BCUT2D eigenvalue weighted by Gasteiger charge is -2.37. The molecule has 1 aliphatic heterocycles. The lowest BCUT2D eigenvalue weighted by Crippen LogP contribution is -2.48. The second-order valence-corrected chi connectivity index (χ2v) is 12.6. The van der Waals surface area contributed by atoms with Gasteiger partial charge in [0.2, 0.25) is 10.0 Å². The Morgan fingerprint density at radius 2 is 1.67 bits per heavy atom. The minimum absolute atomic E-state index is 0.00714. The Balaban J connectivity index is 1.69. The van der Waals surface area contributed by atoms with Crippen LogP contribution in [0.1, 0.15) is 18.4 Å². The van der Waals surface area contributed by atoms with Gasteiger partial charge >= 0.3 is 0 Å². The average molecular weight is 515 g/mol. The second-order valence-electron chi connectivity index (χ2n) is 8.30. The molecule has 1 fully saturated rings. The summed E-state index contributed by atoms with van der Waals surface area (Å²) in [5.74, 6) is 0. The molecule has 0 N–H and O–H groups in total. The highest BCUT2D eigenvalue weighted by Crippen LogP contribution is 2.26. The zero-order valence-corrected chi connectivity index (χ0v) is 21.4. The molecular formula is C23H31ClN2O5S2. The van der Waals surface area contributed by atoms with Crippen molar-refractivity contribution in [2.75, 3.05) is 46.2 Å². The van der Waals surface area contributed by atoms with E-state index in [0.29, 0.717) is 12.8 Å². The van der Waals surface area contributed by atoms with E-state index < -0.39 is 19.9 Å². The van der Waals surface area contributed by atoms with Crippen molar-refractivity contribution in [3.63, 3.8) is 0 Å². The van der Waals surface area contributed by atoms with E-state index in [1.807, 2.05) is 24.3 Å². The van der Waals surface area contributed by atoms with E-state index in [4.69, 9.17) is 16.3 Å². The van der Waals surface area contributed by atoms with Gasteiger partial charge in [0.05, 0.1) is 16.4 Å². The van der Waals surface area contributed by atoms with Crippen LogP contribution in [0.4, 0.5) is 0 Å². The molecule has 0 aliphatic carbocycles. The SMILES string of the molecule is COCCN(C1CCN(CCc2ccc(Cl)cc2)CC1)S(=O)(=O)c1cccc(S(C)(=O)=O)c1. The van der Waals surface area contributed by atoms with Gasteiger partial charge in [-0.1, -0.05) is 29.8 Å². The van der Waals surface area contributed by atoms with E-state index in [2.05, 4.69) is 4.90 Å². The summed E-state index contributed by atoms with van der Waals surface area (Å²) in [5.41, 5.74) is 1.22. The Morgan fingerprint density at radius 1 is 1.03 bits per heavy atom. The topological polar surface area (TPSA) is 84.0 Å². The third-order valence-electron chi connectivity index (χ3n) is 5.95. The molecule has 33 heavy (non-hydrogen) atoms. The number of ether oxygens (including phenoxy) is 1. The fourth-order valence-electron chi connectivity index (χ4n) is 4.05. The van der Waals surface area contributed by atoms with Gasteiger partial charge in [0.15, 0.2) is 9.84 Å². The maximum atomic E-state index is 13.5. The van der Waals surface area contributed by atoms with Crippen molar-refractivity contribution in [2.45, 2.75) is 35.1 Å². The number of hydrogen-bond donors (Lipinski definition) is 0. The standard InChI is InChI=1S/C23H31ClN2O5S2/c1-31-17-16-26(33(29,30)23-5-3-4-22(18-23)32(2,27)28)21-11-14-25(15-12-21)13-10-19-6-8-20(24)9-7-19/h3-9,18,21H,10-17H2,1-2H3. The normalized spacial score (nSPS) is 16.4. The predicted molar refractivity (Wildman–Crippen MR) is 130 cm³/mol. The summed E-state index contributed by atoms with van der Waals surface area (Å²) in [6.07, 6.45) is 3.39. The molecule has 0 unspecified atom stereocenters. The van der Waals surface area contributed by atoms with Crippen LogP contribution in [-0.4, -0.2) is 78.2 Å². The molecule has 0 aromatic heterocycles. The number of nitrogens with zero attached hydrogens (tertiary/aromatic N) is 2. The minimum Gasteiger partial charge on any atom is -0.383 e. The molecule has 2 aromatic carbocycles. The molecule has 0 saturated carbocycles. The molecule has 0 spiro atoms. The molecule has 1 aliphatic rings. The molecule has 1 heterocycles. The molecule has 3 rings (SSSR count). The second kappa shape index (κ2) is 11.3. The van der Waals surface area contributed by atoms with Gasteiger partial charge < -0.3 is 9.64 Å². The van der Waals surface area contributed by atoms with Crippen LogP contribution in [0, 0.1) is 0 Å². The van der Waals surface area contributed by atoms with Gasteiger partial charge in [-0.05, 0) is 68.2 Å². The van der Waals surface area contributed by atoms with Crippen LogP contribution in [0.25, 0.3) is 0 Å². The lowest BCUT2D eigenvalue weighted by molar-refractivity contribution is 0.128. The lowest BCUT2D eigenvalue weighted by atomic mass is 10.0. The highest BCUT2D eigenvalue weighted by Gasteiger charge is 2.34. The van der Waals surface area contributed by atoms with Gasteiger partial charge in [-0.2, -0.15) is 4.31 Å². The number of benzene rings is 2.